The van der Waals surface area contributed by atoms with Crippen LogP contribution in [0.5, 0.6) is 23.0 Å². The minimum atomic E-state index is -0.757. The first-order valence-electron chi connectivity index (χ1n) is 12.9. The Morgan fingerprint density at radius 3 is 2.38 bits per heavy atom. The van der Waals surface area contributed by atoms with Gasteiger partial charge in [0.15, 0.2) is 17.3 Å². The summed E-state index contributed by atoms with van der Waals surface area (Å²) in [6, 6.07) is 14.5. The topological polar surface area (TPSA) is 111 Å². The summed E-state index contributed by atoms with van der Waals surface area (Å²) in [7, 11) is 2.94. The second-order valence-corrected chi connectivity index (χ2v) is 9.49. The summed E-state index contributed by atoms with van der Waals surface area (Å²) in [5.74, 6) is 0.597. The third-order valence-corrected chi connectivity index (χ3v) is 7.07. The van der Waals surface area contributed by atoms with Crippen molar-refractivity contribution in [3.63, 3.8) is 0 Å². The van der Waals surface area contributed by atoms with Gasteiger partial charge in [0.2, 0.25) is 11.2 Å². The van der Waals surface area contributed by atoms with Crippen molar-refractivity contribution in [1.82, 2.24) is 4.90 Å². The number of hydrogen-bond acceptors (Lipinski definition) is 10. The highest BCUT2D eigenvalue weighted by Gasteiger charge is 2.29. The van der Waals surface area contributed by atoms with E-state index in [1.807, 2.05) is 24.3 Å². The molecule has 1 saturated heterocycles. The molecule has 10 nitrogen and oxygen atoms in total. The molecular weight excluding hydrogens is 504 g/mol. The van der Waals surface area contributed by atoms with Gasteiger partial charge in [0.1, 0.15) is 24.7 Å². The zero-order chi connectivity index (χ0) is 27.4. The van der Waals surface area contributed by atoms with Crippen molar-refractivity contribution in [2.24, 2.45) is 0 Å². The Labute approximate surface area is 226 Å². The molecule has 0 radical (unpaired) electrons. The normalized spacial score (nSPS) is 16.0. The molecule has 1 fully saturated rings. The molecule has 3 heterocycles. The van der Waals surface area contributed by atoms with Crippen molar-refractivity contribution in [2.45, 2.75) is 18.9 Å². The van der Waals surface area contributed by atoms with E-state index >= 15 is 0 Å². The van der Waals surface area contributed by atoms with Crippen LogP contribution in [0.25, 0.3) is 0 Å². The molecule has 2 aromatic carbocycles. The van der Waals surface area contributed by atoms with E-state index in [1.54, 1.807) is 25.3 Å². The second kappa shape index (κ2) is 11.7. The van der Waals surface area contributed by atoms with Crippen LogP contribution in [0.3, 0.4) is 0 Å². The molecule has 1 N–H and O–H groups in total. The maximum absolute atomic E-state index is 12.8. The quantitative estimate of drug-likeness (QED) is 0.431. The Balaban J connectivity index is 1.36. The van der Waals surface area contributed by atoms with E-state index in [4.69, 9.17) is 23.4 Å². The molecule has 1 aromatic heterocycles. The van der Waals surface area contributed by atoms with Gasteiger partial charge in [-0.05, 0) is 42.0 Å². The van der Waals surface area contributed by atoms with Gasteiger partial charge < -0.3 is 33.4 Å². The lowest BCUT2D eigenvalue weighted by Crippen LogP contribution is -2.46. The second-order valence-electron chi connectivity index (χ2n) is 9.49. The van der Waals surface area contributed by atoms with Crippen LogP contribution in [0.1, 0.15) is 29.4 Å². The molecule has 206 valence electrons. The molecule has 2 aliphatic rings. The first-order chi connectivity index (χ1) is 18.9. The van der Waals surface area contributed by atoms with Crippen LogP contribution in [0.15, 0.2) is 57.7 Å². The maximum atomic E-state index is 12.8. The zero-order valence-electron chi connectivity index (χ0n) is 22.1. The fourth-order valence-corrected chi connectivity index (χ4v) is 4.94. The van der Waals surface area contributed by atoms with E-state index in [0.29, 0.717) is 42.6 Å². The summed E-state index contributed by atoms with van der Waals surface area (Å²) in [6.45, 7) is 4.39. The number of piperazine rings is 1. The molecule has 2 aliphatic heterocycles. The predicted molar refractivity (Wildman–Crippen MR) is 143 cm³/mol. The van der Waals surface area contributed by atoms with Gasteiger partial charge in [0.05, 0.1) is 33.1 Å². The molecule has 39 heavy (non-hydrogen) atoms. The number of methoxy groups -OCH3 is 2. The van der Waals surface area contributed by atoms with Gasteiger partial charge in [-0.1, -0.05) is 6.07 Å². The zero-order valence-corrected chi connectivity index (χ0v) is 22.1. The van der Waals surface area contributed by atoms with Crippen LogP contribution in [0.2, 0.25) is 0 Å². The molecule has 0 aliphatic carbocycles. The van der Waals surface area contributed by atoms with Crippen LogP contribution < -0.4 is 24.5 Å². The summed E-state index contributed by atoms with van der Waals surface area (Å²) < 4.78 is 27.6. The van der Waals surface area contributed by atoms with Crippen molar-refractivity contribution in [3.8, 4) is 23.0 Å². The predicted octanol–water partition coefficient (Wildman–Crippen LogP) is 3.14. The number of carbonyl (C=O) groups is 1. The van der Waals surface area contributed by atoms with Gasteiger partial charge in [-0.15, -0.1) is 0 Å². The van der Waals surface area contributed by atoms with E-state index < -0.39 is 23.1 Å². The highest BCUT2D eigenvalue weighted by molar-refractivity contribution is 5.71. The summed E-state index contributed by atoms with van der Waals surface area (Å²) in [4.78, 5) is 29.6. The molecule has 0 saturated carbocycles. The number of anilines is 1. The Morgan fingerprint density at radius 1 is 0.974 bits per heavy atom. The Bertz CT molecular complexity index is 1360. The molecule has 0 unspecified atom stereocenters. The fraction of sp³-hybridized carbons (Fsp3) is 0.379. The van der Waals surface area contributed by atoms with Crippen LogP contribution in [-0.2, 0) is 16.1 Å². The SMILES string of the molecule is COC(=O)C[C@H](c1ccc2c(c1)OCCO2)c1oc(CN2CCN(c3ccc(OC)cc3)CC2)cc(=O)c1O. The van der Waals surface area contributed by atoms with Crippen LogP contribution in [0.4, 0.5) is 5.69 Å². The Morgan fingerprint density at radius 2 is 1.69 bits per heavy atom. The monoisotopic (exact) mass is 536 g/mol. The largest absolute Gasteiger partial charge is 0.502 e. The average molecular weight is 537 g/mol. The van der Waals surface area contributed by atoms with Crippen LogP contribution in [0, 0.1) is 0 Å². The highest BCUT2D eigenvalue weighted by Crippen LogP contribution is 2.39. The third kappa shape index (κ3) is 5.96. The molecule has 3 aromatic rings. The Kier molecular flexibility index (Phi) is 7.92. The number of carbonyl (C=O) groups excluding carboxylic acids is 1. The smallest absolute Gasteiger partial charge is 0.306 e. The van der Waals surface area contributed by atoms with Gasteiger partial charge >= 0.3 is 5.97 Å². The van der Waals surface area contributed by atoms with Crippen molar-refractivity contribution in [3.05, 3.63) is 75.8 Å². The lowest BCUT2D eigenvalue weighted by atomic mass is 9.91. The number of benzene rings is 2. The summed E-state index contributed by atoms with van der Waals surface area (Å²) in [5.41, 5.74) is 1.20. The fourth-order valence-electron chi connectivity index (χ4n) is 4.94. The molecular formula is C29H32N2O8. The summed E-state index contributed by atoms with van der Waals surface area (Å²) >= 11 is 0. The van der Waals surface area contributed by atoms with Crippen molar-refractivity contribution >= 4 is 11.7 Å². The van der Waals surface area contributed by atoms with E-state index in [1.165, 1.54) is 13.2 Å². The van der Waals surface area contributed by atoms with Crippen LogP contribution >= 0.6 is 0 Å². The van der Waals surface area contributed by atoms with E-state index in [-0.39, 0.29) is 12.2 Å². The molecule has 10 heteroatoms. The molecule has 5 rings (SSSR count). The number of aromatic hydroxyl groups is 1. The number of hydrogen-bond donors (Lipinski definition) is 1. The Hall–Kier alpha value is -4.18. The molecule has 0 amide bonds. The molecule has 1 atom stereocenters. The van der Waals surface area contributed by atoms with Crippen molar-refractivity contribution in [2.75, 3.05) is 58.5 Å². The molecule has 0 bridgehead atoms. The number of rotatable bonds is 8. The lowest BCUT2D eigenvalue weighted by Gasteiger charge is -2.36. The first-order valence-corrected chi connectivity index (χ1v) is 12.9. The number of nitrogens with zero attached hydrogens (tertiary/aromatic N) is 2. The van der Waals surface area contributed by atoms with Crippen molar-refractivity contribution < 1.29 is 33.3 Å². The highest BCUT2D eigenvalue weighted by atomic mass is 16.6. The van der Waals surface area contributed by atoms with Gasteiger partial charge in [-0.25, -0.2) is 0 Å². The lowest BCUT2D eigenvalue weighted by molar-refractivity contribution is -0.140. The van der Waals surface area contributed by atoms with Gasteiger partial charge in [0, 0.05) is 37.9 Å². The summed E-state index contributed by atoms with van der Waals surface area (Å²) in [6.07, 6.45) is -0.128. The minimum Gasteiger partial charge on any atom is -0.502 e. The van der Waals surface area contributed by atoms with E-state index in [2.05, 4.69) is 9.80 Å². The van der Waals surface area contributed by atoms with E-state index in [0.717, 1.165) is 37.6 Å². The average Bonchev–Trinajstić information content (AvgIpc) is 2.98. The molecule has 0 spiro atoms. The first kappa shape index (κ1) is 26.4. The number of fused-ring (bicyclic) bond motifs is 1. The maximum Gasteiger partial charge on any atom is 0.306 e. The minimum absolute atomic E-state index is 0.0245. The van der Waals surface area contributed by atoms with Crippen molar-refractivity contribution in [1.29, 1.82) is 0 Å². The van der Waals surface area contributed by atoms with Gasteiger partial charge in [-0.3, -0.25) is 14.5 Å². The summed E-state index contributed by atoms with van der Waals surface area (Å²) in [5, 5.41) is 10.7. The standard InChI is InChI=1S/C29H32N2O8/c1-35-21-6-4-20(5-7-21)31-11-9-30(10-12-31)18-22-16-24(32)28(34)29(39-22)23(17-27(33)36-2)19-3-8-25-26(15-19)38-14-13-37-25/h3-8,15-16,23,34H,9-14,17-18H2,1-2H3/t23-/m1/s1. The van der Waals surface area contributed by atoms with Gasteiger partial charge in [0.25, 0.3) is 0 Å². The third-order valence-electron chi connectivity index (χ3n) is 7.07. The number of ether oxygens (including phenoxy) is 4. The van der Waals surface area contributed by atoms with E-state index in [9.17, 15) is 14.7 Å². The number of esters is 1. The van der Waals surface area contributed by atoms with Crippen LogP contribution in [-0.4, -0.2) is 69.6 Å². The van der Waals surface area contributed by atoms with Gasteiger partial charge in [-0.2, -0.15) is 0 Å².